The second-order valence-corrected chi connectivity index (χ2v) is 4.53. The SMILES string of the molecule is C=CC(NCCC)C1(C)CCCC1. The molecule has 1 atom stereocenters. The summed E-state index contributed by atoms with van der Waals surface area (Å²) in [7, 11) is 0. The van der Waals surface area contributed by atoms with Crippen molar-refractivity contribution >= 4 is 0 Å². The van der Waals surface area contributed by atoms with Crippen molar-refractivity contribution in [2.75, 3.05) is 6.54 Å². The molecule has 0 aromatic heterocycles. The molecule has 0 bridgehead atoms. The van der Waals surface area contributed by atoms with Crippen LogP contribution in [-0.4, -0.2) is 12.6 Å². The van der Waals surface area contributed by atoms with E-state index in [9.17, 15) is 0 Å². The summed E-state index contributed by atoms with van der Waals surface area (Å²) in [6.07, 6.45) is 8.82. The highest BCUT2D eigenvalue weighted by Crippen LogP contribution is 2.40. The van der Waals surface area contributed by atoms with Crippen LogP contribution in [0, 0.1) is 5.41 Å². The van der Waals surface area contributed by atoms with Gasteiger partial charge in [0.25, 0.3) is 0 Å². The Bertz CT molecular complexity index is 157. The summed E-state index contributed by atoms with van der Waals surface area (Å²) in [6, 6.07) is 0.523. The van der Waals surface area contributed by atoms with Crippen LogP contribution in [0.25, 0.3) is 0 Å². The van der Waals surface area contributed by atoms with Gasteiger partial charge in [-0.15, -0.1) is 6.58 Å². The fourth-order valence-corrected chi connectivity index (χ4v) is 2.41. The van der Waals surface area contributed by atoms with Crippen LogP contribution in [0.5, 0.6) is 0 Å². The highest BCUT2D eigenvalue weighted by atomic mass is 14.9. The Labute approximate surface area is 82.6 Å². The summed E-state index contributed by atoms with van der Waals surface area (Å²) < 4.78 is 0. The Morgan fingerprint density at radius 1 is 1.46 bits per heavy atom. The zero-order valence-electron chi connectivity index (χ0n) is 9.10. The summed E-state index contributed by atoms with van der Waals surface area (Å²) in [6.45, 7) is 9.67. The third-order valence-electron chi connectivity index (χ3n) is 3.35. The van der Waals surface area contributed by atoms with Gasteiger partial charge in [-0.3, -0.25) is 0 Å². The third-order valence-corrected chi connectivity index (χ3v) is 3.35. The van der Waals surface area contributed by atoms with E-state index in [4.69, 9.17) is 0 Å². The molecule has 1 unspecified atom stereocenters. The normalized spacial score (nSPS) is 22.9. The Morgan fingerprint density at radius 3 is 2.54 bits per heavy atom. The fourth-order valence-electron chi connectivity index (χ4n) is 2.41. The second kappa shape index (κ2) is 4.80. The highest BCUT2D eigenvalue weighted by molar-refractivity contribution is 5.00. The van der Waals surface area contributed by atoms with Crippen LogP contribution in [0.1, 0.15) is 46.0 Å². The molecular weight excluding hydrogens is 158 g/mol. The first-order valence-corrected chi connectivity index (χ1v) is 5.59. The maximum atomic E-state index is 3.94. The summed E-state index contributed by atoms with van der Waals surface area (Å²) >= 11 is 0. The number of hydrogen-bond donors (Lipinski definition) is 1. The lowest BCUT2D eigenvalue weighted by Gasteiger charge is -2.32. The van der Waals surface area contributed by atoms with Crippen LogP contribution in [0.3, 0.4) is 0 Å². The minimum absolute atomic E-state index is 0.483. The monoisotopic (exact) mass is 181 g/mol. The number of rotatable bonds is 5. The molecule has 1 fully saturated rings. The quantitative estimate of drug-likeness (QED) is 0.643. The van der Waals surface area contributed by atoms with E-state index in [0.717, 1.165) is 6.54 Å². The molecule has 1 rings (SSSR count). The summed E-state index contributed by atoms with van der Waals surface area (Å²) in [5, 5.41) is 3.58. The average molecular weight is 181 g/mol. The van der Waals surface area contributed by atoms with Crippen molar-refractivity contribution in [2.45, 2.75) is 52.0 Å². The molecule has 0 aliphatic heterocycles. The zero-order chi connectivity index (χ0) is 9.73. The van der Waals surface area contributed by atoms with E-state index in [1.807, 2.05) is 0 Å². The molecule has 13 heavy (non-hydrogen) atoms. The van der Waals surface area contributed by atoms with Crippen molar-refractivity contribution in [3.63, 3.8) is 0 Å². The van der Waals surface area contributed by atoms with E-state index < -0.39 is 0 Å². The second-order valence-electron chi connectivity index (χ2n) is 4.53. The Morgan fingerprint density at radius 2 is 2.08 bits per heavy atom. The molecule has 1 nitrogen and oxygen atoms in total. The van der Waals surface area contributed by atoms with Crippen molar-refractivity contribution in [3.8, 4) is 0 Å². The van der Waals surface area contributed by atoms with Gasteiger partial charge >= 0.3 is 0 Å². The molecule has 0 spiro atoms. The minimum Gasteiger partial charge on any atom is -0.310 e. The standard InChI is InChI=1S/C12H23N/c1-4-10-13-11(5-2)12(3)8-6-7-9-12/h5,11,13H,2,4,6-10H2,1,3H3. The maximum absolute atomic E-state index is 3.94. The predicted molar refractivity (Wildman–Crippen MR) is 58.9 cm³/mol. The van der Waals surface area contributed by atoms with Gasteiger partial charge in [-0.05, 0) is 31.2 Å². The van der Waals surface area contributed by atoms with Gasteiger partial charge in [0, 0.05) is 6.04 Å². The topological polar surface area (TPSA) is 12.0 Å². The van der Waals surface area contributed by atoms with Gasteiger partial charge in [-0.1, -0.05) is 32.8 Å². The Balaban J connectivity index is 2.48. The molecule has 1 aliphatic carbocycles. The molecule has 1 heteroatoms. The first kappa shape index (κ1) is 10.8. The van der Waals surface area contributed by atoms with E-state index in [1.165, 1.54) is 32.1 Å². The van der Waals surface area contributed by atoms with Crippen LogP contribution in [0.2, 0.25) is 0 Å². The summed E-state index contributed by atoms with van der Waals surface area (Å²) in [5.74, 6) is 0. The minimum atomic E-state index is 0.483. The molecule has 0 radical (unpaired) electrons. The van der Waals surface area contributed by atoms with Gasteiger partial charge in [0.05, 0.1) is 0 Å². The molecule has 0 saturated heterocycles. The average Bonchev–Trinajstić information content (AvgIpc) is 2.54. The van der Waals surface area contributed by atoms with E-state index in [1.54, 1.807) is 0 Å². The van der Waals surface area contributed by atoms with E-state index >= 15 is 0 Å². The van der Waals surface area contributed by atoms with Gasteiger partial charge in [-0.25, -0.2) is 0 Å². The molecule has 0 aromatic rings. The smallest absolute Gasteiger partial charge is 0.0301 e. The summed E-state index contributed by atoms with van der Waals surface area (Å²) in [4.78, 5) is 0. The molecule has 0 aromatic carbocycles. The van der Waals surface area contributed by atoms with E-state index in [-0.39, 0.29) is 0 Å². The largest absolute Gasteiger partial charge is 0.310 e. The van der Waals surface area contributed by atoms with Crippen LogP contribution < -0.4 is 5.32 Å². The zero-order valence-corrected chi connectivity index (χ0v) is 9.10. The predicted octanol–water partition coefficient (Wildman–Crippen LogP) is 3.12. The fraction of sp³-hybridized carbons (Fsp3) is 0.833. The lowest BCUT2D eigenvalue weighted by Crippen LogP contribution is -2.40. The van der Waals surface area contributed by atoms with Crippen molar-refractivity contribution in [1.82, 2.24) is 5.32 Å². The van der Waals surface area contributed by atoms with Crippen LogP contribution in [0.15, 0.2) is 12.7 Å². The van der Waals surface area contributed by atoms with Crippen LogP contribution in [-0.2, 0) is 0 Å². The van der Waals surface area contributed by atoms with Crippen molar-refractivity contribution in [3.05, 3.63) is 12.7 Å². The highest BCUT2D eigenvalue weighted by Gasteiger charge is 2.34. The van der Waals surface area contributed by atoms with E-state index in [0.29, 0.717) is 11.5 Å². The Hall–Kier alpha value is -0.300. The molecule has 1 aliphatic rings. The molecule has 1 N–H and O–H groups in total. The maximum Gasteiger partial charge on any atom is 0.0301 e. The molecule has 76 valence electrons. The summed E-state index contributed by atoms with van der Waals surface area (Å²) in [5.41, 5.74) is 0.483. The lowest BCUT2D eigenvalue weighted by molar-refractivity contribution is 0.260. The van der Waals surface area contributed by atoms with E-state index in [2.05, 4.69) is 31.8 Å². The van der Waals surface area contributed by atoms with Crippen molar-refractivity contribution < 1.29 is 0 Å². The first-order valence-electron chi connectivity index (χ1n) is 5.59. The number of nitrogens with one attached hydrogen (secondary N) is 1. The van der Waals surface area contributed by atoms with Gasteiger partial charge in [0.15, 0.2) is 0 Å². The molecule has 0 amide bonds. The molecule has 1 saturated carbocycles. The third kappa shape index (κ3) is 2.57. The van der Waals surface area contributed by atoms with Crippen LogP contribution in [0.4, 0.5) is 0 Å². The van der Waals surface area contributed by atoms with Gasteiger partial charge in [0.2, 0.25) is 0 Å². The van der Waals surface area contributed by atoms with Crippen molar-refractivity contribution in [2.24, 2.45) is 5.41 Å². The number of hydrogen-bond acceptors (Lipinski definition) is 1. The van der Waals surface area contributed by atoms with Gasteiger partial charge < -0.3 is 5.32 Å². The van der Waals surface area contributed by atoms with Crippen LogP contribution >= 0.6 is 0 Å². The van der Waals surface area contributed by atoms with Gasteiger partial charge in [-0.2, -0.15) is 0 Å². The Kier molecular flexibility index (Phi) is 3.98. The molecule has 0 heterocycles. The lowest BCUT2D eigenvalue weighted by atomic mass is 9.80. The van der Waals surface area contributed by atoms with Crippen molar-refractivity contribution in [1.29, 1.82) is 0 Å². The first-order chi connectivity index (χ1) is 6.23. The molecular formula is C12H23N. The van der Waals surface area contributed by atoms with Gasteiger partial charge in [0.1, 0.15) is 0 Å².